The van der Waals surface area contributed by atoms with E-state index < -0.39 is 0 Å². The van der Waals surface area contributed by atoms with Crippen molar-refractivity contribution in [1.29, 1.82) is 0 Å². The molecule has 2 aliphatic heterocycles. The van der Waals surface area contributed by atoms with Gasteiger partial charge in [0.25, 0.3) is 0 Å². The molecule has 0 radical (unpaired) electrons. The Balaban J connectivity index is 1.69. The number of piperidine rings is 1. The van der Waals surface area contributed by atoms with E-state index in [0.717, 1.165) is 50.3 Å². The van der Waals surface area contributed by atoms with Gasteiger partial charge >= 0.3 is 0 Å². The smallest absolute Gasteiger partial charge is 0.160 e. The van der Waals surface area contributed by atoms with Crippen LogP contribution in [0.5, 0.6) is 0 Å². The highest BCUT2D eigenvalue weighted by Crippen LogP contribution is 2.29. The average Bonchev–Trinajstić information content (AvgIpc) is 2.95. The molecule has 0 amide bonds. The van der Waals surface area contributed by atoms with E-state index in [1.807, 2.05) is 12.3 Å². The number of fused-ring (bicyclic) bond motifs is 1. The third kappa shape index (κ3) is 2.75. The Kier molecular flexibility index (Phi) is 4.08. The lowest BCUT2D eigenvalue weighted by molar-refractivity contribution is 0.0827. The van der Waals surface area contributed by atoms with E-state index in [1.165, 1.54) is 25.1 Å². The number of nitrogens with zero attached hydrogens (tertiary/aromatic N) is 3. The first-order chi connectivity index (χ1) is 10.9. The van der Waals surface area contributed by atoms with Crippen molar-refractivity contribution in [3.05, 3.63) is 24.2 Å². The molecule has 22 heavy (non-hydrogen) atoms. The predicted octanol–water partition coefficient (Wildman–Crippen LogP) is 2.47. The summed E-state index contributed by atoms with van der Waals surface area (Å²) in [5.41, 5.74) is 2.07. The van der Waals surface area contributed by atoms with Crippen LogP contribution in [0.15, 0.2) is 18.3 Å². The van der Waals surface area contributed by atoms with Crippen LogP contribution in [0, 0.1) is 0 Å². The molecule has 0 saturated carbocycles. The molecule has 4 rings (SSSR count). The quantitative estimate of drug-likeness (QED) is 0.946. The maximum absolute atomic E-state index is 5.52. The van der Waals surface area contributed by atoms with Gasteiger partial charge in [-0.1, -0.05) is 6.42 Å². The maximum atomic E-state index is 5.52. The first-order valence-electron chi connectivity index (χ1n) is 8.54. The molecule has 0 aromatic carbocycles. The van der Waals surface area contributed by atoms with E-state index in [1.54, 1.807) is 0 Å². The molecule has 5 nitrogen and oxygen atoms in total. The molecule has 1 N–H and O–H groups in total. The highest BCUT2D eigenvalue weighted by molar-refractivity contribution is 5.71. The van der Waals surface area contributed by atoms with Crippen molar-refractivity contribution in [2.75, 3.05) is 19.8 Å². The zero-order valence-electron chi connectivity index (χ0n) is 13.0. The summed E-state index contributed by atoms with van der Waals surface area (Å²) in [4.78, 5) is 9.52. The molecule has 0 bridgehead atoms. The number of rotatable bonds is 3. The molecule has 0 aliphatic carbocycles. The van der Waals surface area contributed by atoms with E-state index in [2.05, 4.69) is 20.9 Å². The largest absolute Gasteiger partial charge is 0.381 e. The van der Waals surface area contributed by atoms with Crippen LogP contribution in [-0.4, -0.2) is 40.3 Å². The molecular formula is C17H24N4O. The number of aromatic nitrogens is 3. The zero-order valence-corrected chi connectivity index (χ0v) is 13.0. The van der Waals surface area contributed by atoms with Crippen molar-refractivity contribution in [2.45, 2.75) is 50.6 Å². The molecule has 2 saturated heterocycles. The average molecular weight is 300 g/mol. The van der Waals surface area contributed by atoms with Gasteiger partial charge < -0.3 is 14.6 Å². The van der Waals surface area contributed by atoms with Crippen LogP contribution in [0.4, 0.5) is 0 Å². The van der Waals surface area contributed by atoms with E-state index in [4.69, 9.17) is 9.72 Å². The Morgan fingerprint density at radius 1 is 1.23 bits per heavy atom. The molecule has 0 spiro atoms. The lowest BCUT2D eigenvalue weighted by atomic mass is 9.99. The summed E-state index contributed by atoms with van der Waals surface area (Å²) in [7, 11) is 0. The number of pyridine rings is 1. The molecule has 2 aromatic rings. The first kappa shape index (κ1) is 14.2. The van der Waals surface area contributed by atoms with Crippen molar-refractivity contribution in [1.82, 2.24) is 19.9 Å². The molecule has 1 atom stereocenters. The Morgan fingerprint density at radius 2 is 2.14 bits per heavy atom. The molecule has 1 unspecified atom stereocenters. The fraction of sp³-hybridized carbons (Fsp3) is 0.647. The zero-order chi connectivity index (χ0) is 14.8. The Hall–Kier alpha value is -1.46. The highest BCUT2D eigenvalue weighted by Gasteiger charge is 2.25. The monoisotopic (exact) mass is 300 g/mol. The minimum absolute atomic E-state index is 0.506. The van der Waals surface area contributed by atoms with E-state index in [0.29, 0.717) is 12.0 Å². The molecule has 118 valence electrons. The van der Waals surface area contributed by atoms with Gasteiger partial charge in [-0.2, -0.15) is 0 Å². The lowest BCUT2D eigenvalue weighted by Crippen LogP contribution is -2.38. The van der Waals surface area contributed by atoms with E-state index >= 15 is 0 Å². The lowest BCUT2D eigenvalue weighted by Gasteiger charge is -2.27. The topological polar surface area (TPSA) is 52.0 Å². The van der Waals surface area contributed by atoms with Gasteiger partial charge in [0.1, 0.15) is 11.3 Å². The summed E-state index contributed by atoms with van der Waals surface area (Å²) in [5.74, 6) is 1.72. The number of hydrogen-bond acceptors (Lipinski definition) is 4. The van der Waals surface area contributed by atoms with Crippen molar-refractivity contribution in [3.63, 3.8) is 0 Å². The first-order valence-corrected chi connectivity index (χ1v) is 8.54. The van der Waals surface area contributed by atoms with Gasteiger partial charge in [0, 0.05) is 37.9 Å². The van der Waals surface area contributed by atoms with Crippen LogP contribution < -0.4 is 5.32 Å². The third-order valence-electron chi connectivity index (χ3n) is 4.94. The minimum atomic E-state index is 0.506. The van der Waals surface area contributed by atoms with Crippen LogP contribution >= 0.6 is 0 Å². The van der Waals surface area contributed by atoms with Crippen LogP contribution in [0.1, 0.15) is 43.8 Å². The molecule has 5 heteroatoms. The summed E-state index contributed by atoms with van der Waals surface area (Å²) in [6, 6.07) is 4.61. The van der Waals surface area contributed by atoms with Crippen molar-refractivity contribution < 1.29 is 4.74 Å². The second-order valence-electron chi connectivity index (χ2n) is 6.46. The van der Waals surface area contributed by atoms with Crippen molar-refractivity contribution in [2.24, 2.45) is 0 Å². The van der Waals surface area contributed by atoms with Crippen LogP contribution in [0.2, 0.25) is 0 Å². The molecule has 4 heterocycles. The molecular weight excluding hydrogens is 276 g/mol. The van der Waals surface area contributed by atoms with Gasteiger partial charge in [0.05, 0.1) is 0 Å². The van der Waals surface area contributed by atoms with Gasteiger partial charge in [-0.25, -0.2) is 9.97 Å². The second kappa shape index (κ2) is 6.34. The van der Waals surface area contributed by atoms with E-state index in [-0.39, 0.29) is 0 Å². The predicted molar refractivity (Wildman–Crippen MR) is 86.0 cm³/mol. The van der Waals surface area contributed by atoms with Crippen LogP contribution in [0.3, 0.4) is 0 Å². The van der Waals surface area contributed by atoms with Gasteiger partial charge in [0.2, 0.25) is 0 Å². The van der Waals surface area contributed by atoms with E-state index in [9.17, 15) is 0 Å². The summed E-state index contributed by atoms with van der Waals surface area (Å²) in [5, 5.41) is 3.65. The van der Waals surface area contributed by atoms with Crippen LogP contribution in [-0.2, 0) is 11.3 Å². The van der Waals surface area contributed by atoms with Gasteiger partial charge in [-0.15, -0.1) is 0 Å². The standard InChI is InChI=1S/C17H24N4O/c1-2-8-18-14(4-1)12-21-16(13-6-10-22-11-7-13)20-15-5-3-9-19-17(15)21/h3,5,9,13-14,18H,1-2,4,6-8,10-12H2. The third-order valence-corrected chi connectivity index (χ3v) is 4.94. The summed E-state index contributed by atoms with van der Waals surface area (Å²) in [6.07, 6.45) is 7.89. The van der Waals surface area contributed by atoms with Crippen molar-refractivity contribution in [3.8, 4) is 0 Å². The number of nitrogens with one attached hydrogen (secondary N) is 1. The molecule has 2 aromatic heterocycles. The summed E-state index contributed by atoms with van der Waals surface area (Å²) in [6.45, 7) is 3.82. The Morgan fingerprint density at radius 3 is 2.95 bits per heavy atom. The number of imidazole rings is 1. The van der Waals surface area contributed by atoms with Crippen molar-refractivity contribution >= 4 is 11.2 Å². The normalized spacial score (nSPS) is 23.9. The van der Waals surface area contributed by atoms with Gasteiger partial charge in [-0.05, 0) is 44.4 Å². The van der Waals surface area contributed by atoms with Crippen LogP contribution in [0.25, 0.3) is 11.2 Å². The molecule has 2 fully saturated rings. The Labute approximate surface area is 131 Å². The fourth-order valence-corrected chi connectivity index (χ4v) is 3.72. The maximum Gasteiger partial charge on any atom is 0.160 e. The SMILES string of the molecule is c1cnc2c(c1)nc(C1CCOCC1)n2CC1CCCCN1. The van der Waals surface area contributed by atoms with Gasteiger partial charge in [-0.3, -0.25) is 0 Å². The fourth-order valence-electron chi connectivity index (χ4n) is 3.72. The summed E-state index contributed by atoms with van der Waals surface area (Å²) >= 11 is 0. The summed E-state index contributed by atoms with van der Waals surface area (Å²) < 4.78 is 7.89. The Bertz CT molecular complexity index is 627. The number of ether oxygens (including phenoxy) is 1. The number of hydrogen-bond donors (Lipinski definition) is 1. The second-order valence-corrected chi connectivity index (χ2v) is 6.46. The highest BCUT2D eigenvalue weighted by atomic mass is 16.5. The minimum Gasteiger partial charge on any atom is -0.381 e. The van der Waals surface area contributed by atoms with Gasteiger partial charge in [0.15, 0.2) is 5.65 Å². The molecule has 2 aliphatic rings.